The highest BCUT2D eigenvalue weighted by Gasteiger charge is 2.15. The highest BCUT2D eigenvalue weighted by Crippen LogP contribution is 2.17. The molecule has 0 aliphatic heterocycles. The smallest absolute Gasteiger partial charge is 0.271 e. The SMILES string of the molecule is CC(C)n1c(=NC(=O)/C=C/c2ccccc2)c(C#N)cc2c(=O)n3ccccc3cc21. The van der Waals surface area contributed by atoms with E-state index in [1.165, 1.54) is 12.1 Å². The van der Waals surface area contributed by atoms with E-state index in [1.54, 1.807) is 27.3 Å². The lowest BCUT2D eigenvalue weighted by Crippen LogP contribution is -2.29. The molecule has 0 radical (unpaired) electrons. The summed E-state index contributed by atoms with van der Waals surface area (Å²) in [4.78, 5) is 29.9. The molecule has 0 aliphatic rings. The van der Waals surface area contributed by atoms with E-state index in [-0.39, 0.29) is 22.7 Å². The summed E-state index contributed by atoms with van der Waals surface area (Å²) < 4.78 is 3.31. The van der Waals surface area contributed by atoms with Crippen LogP contribution in [-0.2, 0) is 4.79 Å². The van der Waals surface area contributed by atoms with Gasteiger partial charge in [0.1, 0.15) is 6.07 Å². The molecule has 4 aromatic rings. The first-order valence-electron chi connectivity index (χ1n) is 9.91. The number of benzene rings is 1. The summed E-state index contributed by atoms with van der Waals surface area (Å²) in [6, 6.07) is 20.3. The fourth-order valence-electron chi connectivity index (χ4n) is 3.60. The van der Waals surface area contributed by atoms with Gasteiger partial charge < -0.3 is 4.57 Å². The van der Waals surface area contributed by atoms with Crippen molar-refractivity contribution in [3.8, 4) is 6.07 Å². The Morgan fingerprint density at radius 3 is 2.55 bits per heavy atom. The predicted octanol–water partition coefficient (Wildman–Crippen LogP) is 3.85. The maximum absolute atomic E-state index is 13.1. The topological polar surface area (TPSA) is 79.6 Å². The van der Waals surface area contributed by atoms with Crippen molar-refractivity contribution in [2.24, 2.45) is 4.99 Å². The Morgan fingerprint density at radius 2 is 1.84 bits per heavy atom. The van der Waals surface area contributed by atoms with E-state index in [9.17, 15) is 14.9 Å². The van der Waals surface area contributed by atoms with Crippen molar-refractivity contribution in [1.29, 1.82) is 5.26 Å². The molecule has 4 rings (SSSR count). The number of carbonyl (C=O) groups is 1. The Labute approximate surface area is 178 Å². The molecule has 3 aromatic heterocycles. The normalized spacial score (nSPS) is 12.1. The summed E-state index contributed by atoms with van der Waals surface area (Å²) >= 11 is 0. The Balaban J connectivity index is 1.99. The number of fused-ring (bicyclic) bond motifs is 2. The van der Waals surface area contributed by atoms with Crippen molar-refractivity contribution in [2.45, 2.75) is 19.9 Å². The zero-order chi connectivity index (χ0) is 22.0. The Bertz CT molecular complexity index is 1500. The minimum atomic E-state index is -0.480. The van der Waals surface area contributed by atoms with Gasteiger partial charge in [-0.15, -0.1) is 0 Å². The number of amides is 1. The molecule has 0 unspecified atom stereocenters. The van der Waals surface area contributed by atoms with Gasteiger partial charge in [0.15, 0.2) is 5.49 Å². The van der Waals surface area contributed by atoms with Crippen LogP contribution in [0.2, 0.25) is 0 Å². The molecule has 31 heavy (non-hydrogen) atoms. The second kappa shape index (κ2) is 8.25. The van der Waals surface area contributed by atoms with Crippen LogP contribution in [0.25, 0.3) is 22.5 Å². The number of hydrogen-bond acceptors (Lipinski definition) is 3. The number of pyridine rings is 3. The Kier molecular flexibility index (Phi) is 5.33. The van der Waals surface area contributed by atoms with E-state index in [1.807, 2.05) is 62.4 Å². The molecule has 152 valence electrons. The first-order valence-corrected chi connectivity index (χ1v) is 9.91. The van der Waals surface area contributed by atoms with Gasteiger partial charge in [0.05, 0.1) is 22.0 Å². The molecule has 0 N–H and O–H groups in total. The molecule has 6 nitrogen and oxygen atoms in total. The molecule has 1 amide bonds. The van der Waals surface area contributed by atoms with Crippen molar-refractivity contribution in [1.82, 2.24) is 8.97 Å². The number of nitrogens with zero attached hydrogens (tertiary/aromatic N) is 4. The van der Waals surface area contributed by atoms with Crippen LogP contribution in [0.1, 0.15) is 31.0 Å². The maximum Gasteiger partial charge on any atom is 0.271 e. The van der Waals surface area contributed by atoms with Crippen LogP contribution in [0.3, 0.4) is 0 Å². The molecule has 0 saturated heterocycles. The second-order valence-electron chi connectivity index (χ2n) is 7.40. The molecule has 0 fully saturated rings. The lowest BCUT2D eigenvalue weighted by atomic mass is 10.1. The molecule has 6 heteroatoms. The third-order valence-corrected chi connectivity index (χ3v) is 4.99. The van der Waals surface area contributed by atoms with Gasteiger partial charge >= 0.3 is 0 Å². The number of rotatable bonds is 3. The minimum absolute atomic E-state index is 0.133. The Hall–Kier alpha value is -4.24. The lowest BCUT2D eigenvalue weighted by Gasteiger charge is -2.17. The van der Waals surface area contributed by atoms with Gasteiger partial charge in [-0.05, 0) is 49.8 Å². The Morgan fingerprint density at radius 1 is 1.10 bits per heavy atom. The van der Waals surface area contributed by atoms with Crippen molar-refractivity contribution < 1.29 is 4.79 Å². The molecule has 1 aromatic carbocycles. The van der Waals surface area contributed by atoms with Crippen LogP contribution < -0.4 is 11.0 Å². The van der Waals surface area contributed by atoms with Crippen LogP contribution in [-0.4, -0.2) is 14.9 Å². The number of nitriles is 1. The molecular weight excluding hydrogens is 388 g/mol. The van der Waals surface area contributed by atoms with E-state index < -0.39 is 5.91 Å². The van der Waals surface area contributed by atoms with Gasteiger partial charge in [-0.1, -0.05) is 36.4 Å². The number of aromatic nitrogens is 2. The van der Waals surface area contributed by atoms with Crippen LogP contribution in [0.4, 0.5) is 0 Å². The first-order chi connectivity index (χ1) is 15.0. The summed E-state index contributed by atoms with van der Waals surface area (Å²) in [5.41, 5.74) is 2.43. The van der Waals surface area contributed by atoms with Crippen molar-refractivity contribution >= 4 is 28.4 Å². The molecule has 0 bridgehead atoms. The average Bonchev–Trinajstić information content (AvgIpc) is 2.78. The summed E-state index contributed by atoms with van der Waals surface area (Å²) in [6.45, 7) is 3.85. The predicted molar refractivity (Wildman–Crippen MR) is 120 cm³/mol. The molecule has 0 spiro atoms. The van der Waals surface area contributed by atoms with Crippen molar-refractivity contribution in [2.75, 3.05) is 0 Å². The zero-order valence-electron chi connectivity index (χ0n) is 17.2. The third-order valence-electron chi connectivity index (χ3n) is 4.99. The fourth-order valence-corrected chi connectivity index (χ4v) is 3.60. The van der Waals surface area contributed by atoms with Crippen molar-refractivity contribution in [3.05, 3.63) is 99.9 Å². The van der Waals surface area contributed by atoms with Crippen LogP contribution in [0.15, 0.2) is 82.7 Å². The standard InChI is InChI=1S/C25H20N4O2/c1-17(2)29-22-15-20-10-6-7-13-28(20)25(31)21(22)14-19(16-26)24(29)27-23(30)12-11-18-8-4-3-5-9-18/h3-15,17H,1-2H3/b12-11+,27-24?. The molecule has 3 heterocycles. The molecule has 0 saturated carbocycles. The summed E-state index contributed by atoms with van der Waals surface area (Å²) in [7, 11) is 0. The maximum atomic E-state index is 13.1. The highest BCUT2D eigenvalue weighted by atomic mass is 16.1. The molecule has 0 aliphatic carbocycles. The monoisotopic (exact) mass is 408 g/mol. The summed E-state index contributed by atoms with van der Waals surface area (Å²) in [5, 5.41) is 10.2. The summed E-state index contributed by atoms with van der Waals surface area (Å²) in [6.07, 6.45) is 4.75. The quantitative estimate of drug-likeness (QED) is 0.381. The van der Waals surface area contributed by atoms with E-state index in [4.69, 9.17) is 0 Å². The largest absolute Gasteiger partial charge is 0.322 e. The summed E-state index contributed by atoms with van der Waals surface area (Å²) in [5.74, 6) is -0.480. The van der Waals surface area contributed by atoms with Gasteiger partial charge in [-0.2, -0.15) is 10.3 Å². The second-order valence-corrected chi connectivity index (χ2v) is 7.40. The molecule has 0 atom stereocenters. The number of hydrogen-bond donors (Lipinski definition) is 0. The van der Waals surface area contributed by atoms with Gasteiger partial charge in [0, 0.05) is 18.3 Å². The highest BCUT2D eigenvalue weighted by molar-refractivity contribution is 5.92. The van der Waals surface area contributed by atoms with E-state index in [2.05, 4.69) is 11.1 Å². The fraction of sp³-hybridized carbons (Fsp3) is 0.120. The van der Waals surface area contributed by atoms with Gasteiger partial charge in [-0.25, -0.2) is 0 Å². The van der Waals surface area contributed by atoms with Crippen molar-refractivity contribution in [3.63, 3.8) is 0 Å². The average molecular weight is 408 g/mol. The zero-order valence-corrected chi connectivity index (χ0v) is 17.2. The van der Waals surface area contributed by atoms with Crippen LogP contribution in [0, 0.1) is 11.3 Å². The van der Waals surface area contributed by atoms with Gasteiger partial charge in [0.2, 0.25) is 0 Å². The van der Waals surface area contributed by atoms with Gasteiger partial charge in [0.25, 0.3) is 11.5 Å². The van der Waals surface area contributed by atoms with Gasteiger partial charge in [-0.3, -0.25) is 14.0 Å². The van der Waals surface area contributed by atoms with E-state index in [0.717, 1.165) is 11.1 Å². The first kappa shape index (κ1) is 20.0. The lowest BCUT2D eigenvalue weighted by molar-refractivity contribution is -0.113. The minimum Gasteiger partial charge on any atom is -0.322 e. The third kappa shape index (κ3) is 3.81. The number of carbonyl (C=O) groups excluding carboxylic acids is 1. The van der Waals surface area contributed by atoms with Crippen LogP contribution in [0.5, 0.6) is 0 Å². The van der Waals surface area contributed by atoms with Crippen LogP contribution >= 0.6 is 0 Å². The molecular formula is C25H20N4O2. The van der Waals surface area contributed by atoms with E-state index in [0.29, 0.717) is 10.9 Å². The van der Waals surface area contributed by atoms with E-state index >= 15 is 0 Å².